The van der Waals surface area contributed by atoms with Crippen LogP contribution in [0.5, 0.6) is 0 Å². The molecule has 0 spiro atoms. The first kappa shape index (κ1) is 21.8. The molecule has 0 unspecified atom stereocenters. The Bertz CT molecular complexity index is 1310. The molecule has 33 heavy (non-hydrogen) atoms. The first-order valence-corrected chi connectivity index (χ1v) is 11.9. The SMILES string of the molecule is O=C(O)CC1CCC(c2ccc(-c3ccc(-c4nc5ncc(Br)cc5[nH]4)c(F)c3)cc2)CC1. The number of halogens is 2. The zero-order valence-corrected chi connectivity index (χ0v) is 19.5. The summed E-state index contributed by atoms with van der Waals surface area (Å²) in [6, 6.07) is 15.4. The third-order valence-corrected chi connectivity index (χ3v) is 6.99. The lowest BCUT2D eigenvalue weighted by molar-refractivity contribution is -0.138. The molecular weight excluding hydrogens is 485 g/mol. The summed E-state index contributed by atoms with van der Waals surface area (Å²) in [5, 5.41) is 9.00. The van der Waals surface area contributed by atoms with Gasteiger partial charge in [0.2, 0.25) is 0 Å². The molecule has 1 fully saturated rings. The molecule has 0 amide bonds. The van der Waals surface area contributed by atoms with Crippen molar-refractivity contribution in [1.82, 2.24) is 15.0 Å². The molecule has 4 aromatic rings. The molecule has 7 heteroatoms. The van der Waals surface area contributed by atoms with Gasteiger partial charge < -0.3 is 10.1 Å². The maximum Gasteiger partial charge on any atom is 0.303 e. The van der Waals surface area contributed by atoms with E-state index in [-0.39, 0.29) is 12.2 Å². The van der Waals surface area contributed by atoms with E-state index in [0.29, 0.717) is 28.9 Å². The molecule has 0 aliphatic heterocycles. The van der Waals surface area contributed by atoms with Gasteiger partial charge in [-0.1, -0.05) is 30.3 Å². The van der Waals surface area contributed by atoms with Crippen molar-refractivity contribution in [1.29, 1.82) is 0 Å². The van der Waals surface area contributed by atoms with Gasteiger partial charge in [-0.05, 0) is 88.3 Å². The first-order valence-electron chi connectivity index (χ1n) is 11.1. The van der Waals surface area contributed by atoms with Crippen molar-refractivity contribution in [2.24, 2.45) is 5.92 Å². The van der Waals surface area contributed by atoms with Crippen LogP contribution in [-0.2, 0) is 4.79 Å². The monoisotopic (exact) mass is 507 g/mol. The molecule has 2 aromatic carbocycles. The Balaban J connectivity index is 1.31. The number of pyridine rings is 1. The van der Waals surface area contributed by atoms with E-state index in [4.69, 9.17) is 5.11 Å². The van der Waals surface area contributed by atoms with E-state index in [9.17, 15) is 9.18 Å². The van der Waals surface area contributed by atoms with Crippen LogP contribution in [0.4, 0.5) is 4.39 Å². The largest absolute Gasteiger partial charge is 0.481 e. The summed E-state index contributed by atoms with van der Waals surface area (Å²) < 4.78 is 15.8. The second kappa shape index (κ2) is 9.06. The molecule has 168 valence electrons. The highest BCUT2D eigenvalue weighted by Gasteiger charge is 2.24. The number of imidazole rings is 1. The van der Waals surface area contributed by atoms with Crippen molar-refractivity contribution in [2.75, 3.05) is 0 Å². The smallest absolute Gasteiger partial charge is 0.303 e. The highest BCUT2D eigenvalue weighted by atomic mass is 79.9. The Morgan fingerprint density at radius 2 is 1.79 bits per heavy atom. The second-order valence-corrected chi connectivity index (χ2v) is 9.66. The van der Waals surface area contributed by atoms with E-state index in [0.717, 1.165) is 46.8 Å². The lowest BCUT2D eigenvalue weighted by atomic mass is 9.77. The van der Waals surface area contributed by atoms with Crippen LogP contribution in [0.1, 0.15) is 43.6 Å². The first-order chi connectivity index (χ1) is 16.0. The summed E-state index contributed by atoms with van der Waals surface area (Å²) in [5.74, 6) is 0.166. The molecule has 5 rings (SSSR count). The Labute approximate surface area is 199 Å². The normalized spacial score (nSPS) is 18.5. The minimum Gasteiger partial charge on any atom is -0.481 e. The lowest BCUT2D eigenvalue weighted by Gasteiger charge is -2.28. The zero-order chi connectivity index (χ0) is 22.9. The topological polar surface area (TPSA) is 78.9 Å². The molecule has 1 saturated carbocycles. The van der Waals surface area contributed by atoms with Gasteiger partial charge in [0.1, 0.15) is 11.6 Å². The number of aromatic nitrogens is 3. The Kier molecular flexibility index (Phi) is 5.98. The number of rotatable bonds is 5. The van der Waals surface area contributed by atoms with Crippen LogP contribution in [0.25, 0.3) is 33.7 Å². The van der Waals surface area contributed by atoms with Crippen LogP contribution in [0.3, 0.4) is 0 Å². The molecular formula is C26H23BrFN3O2. The average Bonchev–Trinajstić information content (AvgIpc) is 3.22. The van der Waals surface area contributed by atoms with Gasteiger partial charge in [-0.25, -0.2) is 14.4 Å². The number of H-pyrrole nitrogens is 1. The summed E-state index contributed by atoms with van der Waals surface area (Å²) >= 11 is 3.38. The molecule has 2 aromatic heterocycles. The molecule has 0 radical (unpaired) electrons. The van der Waals surface area contributed by atoms with E-state index in [1.54, 1.807) is 12.3 Å². The number of aromatic amines is 1. The number of nitrogens with zero attached hydrogens (tertiary/aromatic N) is 2. The third-order valence-electron chi connectivity index (χ3n) is 6.55. The van der Waals surface area contributed by atoms with Crippen molar-refractivity contribution in [3.8, 4) is 22.5 Å². The second-order valence-electron chi connectivity index (χ2n) is 8.74. The van der Waals surface area contributed by atoms with Crippen molar-refractivity contribution >= 4 is 33.1 Å². The standard InChI is InChI=1S/C26H23BrFN3O2/c27-20-13-23-26(29-14-20)31-25(30-23)21-10-9-19(12-22(21)28)18-7-5-17(6-8-18)16-3-1-15(2-4-16)11-24(32)33/h5-10,12-16H,1-4,11H2,(H,32,33)(H,29,30,31). The number of benzene rings is 2. The zero-order valence-electron chi connectivity index (χ0n) is 17.9. The maximum atomic E-state index is 15.0. The number of aliphatic carboxylic acids is 1. The molecule has 2 N–H and O–H groups in total. The third kappa shape index (κ3) is 4.69. The quantitative estimate of drug-likeness (QED) is 0.306. The van der Waals surface area contributed by atoms with Crippen LogP contribution in [-0.4, -0.2) is 26.0 Å². The molecule has 0 bridgehead atoms. The van der Waals surface area contributed by atoms with Gasteiger partial charge in [-0.3, -0.25) is 4.79 Å². The van der Waals surface area contributed by atoms with E-state index in [2.05, 4.69) is 43.0 Å². The number of nitrogens with one attached hydrogen (secondary N) is 1. The molecule has 2 heterocycles. The van der Waals surface area contributed by atoms with E-state index in [1.807, 2.05) is 24.3 Å². The van der Waals surface area contributed by atoms with Gasteiger partial charge in [-0.15, -0.1) is 0 Å². The van der Waals surface area contributed by atoms with Crippen molar-refractivity contribution < 1.29 is 14.3 Å². The number of hydrogen-bond donors (Lipinski definition) is 2. The maximum absolute atomic E-state index is 15.0. The number of hydrogen-bond acceptors (Lipinski definition) is 3. The lowest BCUT2D eigenvalue weighted by Crippen LogP contribution is -2.16. The van der Waals surface area contributed by atoms with E-state index in [1.165, 1.54) is 11.6 Å². The number of fused-ring (bicyclic) bond motifs is 1. The van der Waals surface area contributed by atoms with Crippen LogP contribution in [0, 0.1) is 11.7 Å². The number of carboxylic acid groups (broad SMARTS) is 1. The van der Waals surface area contributed by atoms with Gasteiger partial charge in [0.25, 0.3) is 0 Å². The van der Waals surface area contributed by atoms with E-state index < -0.39 is 5.97 Å². The van der Waals surface area contributed by atoms with Crippen molar-refractivity contribution in [2.45, 2.75) is 38.0 Å². The van der Waals surface area contributed by atoms with Gasteiger partial charge in [0, 0.05) is 17.1 Å². The fourth-order valence-corrected chi connectivity index (χ4v) is 5.11. The minimum atomic E-state index is -0.703. The van der Waals surface area contributed by atoms with Gasteiger partial charge in [0.05, 0.1) is 11.1 Å². The fourth-order valence-electron chi connectivity index (χ4n) is 4.78. The van der Waals surface area contributed by atoms with Gasteiger partial charge in [0.15, 0.2) is 5.65 Å². The molecule has 1 aliphatic rings. The van der Waals surface area contributed by atoms with Crippen LogP contribution in [0.15, 0.2) is 59.2 Å². The fraction of sp³-hybridized carbons (Fsp3) is 0.269. The summed E-state index contributed by atoms with van der Waals surface area (Å²) in [6.45, 7) is 0. The van der Waals surface area contributed by atoms with Crippen LogP contribution < -0.4 is 0 Å². The van der Waals surface area contributed by atoms with Crippen LogP contribution >= 0.6 is 15.9 Å². The van der Waals surface area contributed by atoms with Gasteiger partial charge in [-0.2, -0.15) is 0 Å². The summed E-state index contributed by atoms with van der Waals surface area (Å²) in [6.07, 6.45) is 5.89. The molecule has 0 atom stereocenters. The summed E-state index contributed by atoms with van der Waals surface area (Å²) in [4.78, 5) is 22.7. The minimum absolute atomic E-state index is 0.273. The van der Waals surface area contributed by atoms with Crippen molar-refractivity contribution in [3.63, 3.8) is 0 Å². The average molecular weight is 508 g/mol. The highest BCUT2D eigenvalue weighted by molar-refractivity contribution is 9.10. The number of carbonyl (C=O) groups is 1. The summed E-state index contributed by atoms with van der Waals surface area (Å²) in [5.41, 5.74) is 4.73. The molecule has 5 nitrogen and oxygen atoms in total. The summed E-state index contributed by atoms with van der Waals surface area (Å²) in [7, 11) is 0. The Morgan fingerprint density at radius 1 is 1.06 bits per heavy atom. The molecule has 1 aliphatic carbocycles. The molecule has 0 saturated heterocycles. The predicted molar refractivity (Wildman–Crippen MR) is 129 cm³/mol. The highest BCUT2D eigenvalue weighted by Crippen LogP contribution is 2.38. The predicted octanol–water partition coefficient (Wildman–Crippen LogP) is 6.94. The Hall–Kier alpha value is -3.06. The van der Waals surface area contributed by atoms with Crippen LogP contribution in [0.2, 0.25) is 0 Å². The Morgan fingerprint density at radius 3 is 2.48 bits per heavy atom. The van der Waals surface area contributed by atoms with Gasteiger partial charge >= 0.3 is 5.97 Å². The van der Waals surface area contributed by atoms with Crippen molar-refractivity contribution in [3.05, 3.63) is 70.6 Å². The number of carboxylic acids is 1. The van der Waals surface area contributed by atoms with E-state index >= 15 is 0 Å².